The molecule has 0 aliphatic carbocycles. The Balaban J connectivity index is 1.47. The highest BCUT2D eigenvalue weighted by Crippen LogP contribution is 2.35. The number of nitrogens with zero attached hydrogens (tertiary/aromatic N) is 2. The minimum atomic E-state index is -0.00469. The second kappa shape index (κ2) is 8.44. The third kappa shape index (κ3) is 4.17. The second-order valence-electron chi connectivity index (χ2n) is 6.82. The van der Waals surface area contributed by atoms with E-state index >= 15 is 0 Å². The average molecular weight is 394 g/mol. The Bertz CT molecular complexity index is 924. The van der Waals surface area contributed by atoms with E-state index in [1.54, 1.807) is 23.5 Å². The van der Waals surface area contributed by atoms with Crippen molar-refractivity contribution in [3.8, 4) is 22.8 Å². The summed E-state index contributed by atoms with van der Waals surface area (Å²) in [5.74, 6) is 0.935. The maximum atomic E-state index is 12.8. The van der Waals surface area contributed by atoms with Gasteiger partial charge in [-0.3, -0.25) is 4.79 Å². The number of phenolic OH excluding ortho intramolecular Hbond substituents is 1. The largest absolute Gasteiger partial charge is 0.508 e. The Kier molecular flexibility index (Phi) is 5.58. The van der Waals surface area contributed by atoms with Gasteiger partial charge in [-0.05, 0) is 55.7 Å². The maximum Gasteiger partial charge on any atom is 0.261 e. The molecule has 144 valence electrons. The first kappa shape index (κ1) is 18.5. The first-order valence-electron chi connectivity index (χ1n) is 9.43. The quantitative estimate of drug-likeness (QED) is 0.684. The molecule has 1 aliphatic heterocycles. The Labute approximate surface area is 168 Å². The minimum Gasteiger partial charge on any atom is -0.508 e. The normalized spacial score (nSPS) is 16.7. The van der Waals surface area contributed by atoms with Crippen LogP contribution in [0.4, 0.5) is 0 Å². The fourth-order valence-corrected chi connectivity index (χ4v) is 4.41. The van der Waals surface area contributed by atoms with Gasteiger partial charge in [0, 0.05) is 17.5 Å². The number of thiazole rings is 1. The molecule has 1 aromatic heterocycles. The number of ether oxygens (including phenoxy) is 1. The first-order chi connectivity index (χ1) is 13.7. The topological polar surface area (TPSA) is 62.7 Å². The van der Waals surface area contributed by atoms with E-state index in [4.69, 9.17) is 9.72 Å². The number of amides is 1. The lowest BCUT2D eigenvalue weighted by atomic mass is 10.0. The molecule has 1 fully saturated rings. The van der Waals surface area contributed by atoms with Crippen molar-refractivity contribution in [2.75, 3.05) is 13.2 Å². The number of carbonyl (C=O) groups is 1. The van der Waals surface area contributed by atoms with Gasteiger partial charge in [-0.15, -0.1) is 11.3 Å². The highest BCUT2D eigenvalue weighted by atomic mass is 32.1. The Morgan fingerprint density at radius 1 is 1.14 bits per heavy atom. The van der Waals surface area contributed by atoms with E-state index in [-0.39, 0.29) is 24.3 Å². The predicted octanol–water partition coefficient (Wildman–Crippen LogP) is 4.65. The third-order valence-electron chi connectivity index (χ3n) is 4.90. The molecule has 2 heterocycles. The van der Waals surface area contributed by atoms with Gasteiger partial charge in [0.25, 0.3) is 5.91 Å². The molecule has 5 nitrogen and oxygen atoms in total. The summed E-state index contributed by atoms with van der Waals surface area (Å²) in [6, 6.07) is 16.4. The van der Waals surface area contributed by atoms with Crippen molar-refractivity contribution in [3.05, 3.63) is 65.0 Å². The Morgan fingerprint density at radius 3 is 2.71 bits per heavy atom. The zero-order valence-electron chi connectivity index (χ0n) is 15.5. The van der Waals surface area contributed by atoms with Crippen molar-refractivity contribution in [2.45, 2.75) is 25.3 Å². The molecule has 2 aromatic carbocycles. The van der Waals surface area contributed by atoms with Crippen molar-refractivity contribution in [2.24, 2.45) is 0 Å². The van der Waals surface area contributed by atoms with Crippen LogP contribution in [0, 0.1) is 0 Å². The average Bonchev–Trinajstić information content (AvgIpc) is 3.23. The van der Waals surface area contributed by atoms with E-state index in [0.717, 1.165) is 42.1 Å². The fraction of sp³-hybridized carbons (Fsp3) is 0.273. The lowest BCUT2D eigenvalue weighted by Gasteiger charge is -2.34. The lowest BCUT2D eigenvalue weighted by molar-refractivity contribution is -0.137. The van der Waals surface area contributed by atoms with Crippen LogP contribution >= 0.6 is 11.3 Å². The summed E-state index contributed by atoms with van der Waals surface area (Å²) in [5, 5.41) is 12.4. The van der Waals surface area contributed by atoms with E-state index < -0.39 is 0 Å². The Hall–Kier alpha value is -2.86. The molecule has 1 amide bonds. The number of aromatic nitrogens is 1. The van der Waals surface area contributed by atoms with Crippen LogP contribution in [0.5, 0.6) is 11.5 Å². The van der Waals surface area contributed by atoms with Crippen LogP contribution in [0.15, 0.2) is 60.0 Å². The SMILES string of the molecule is O=C(COc1ccccc1)N1CCCC[C@@H]1c1nc(-c2ccc(O)cc2)cs1. The van der Waals surface area contributed by atoms with Crippen LogP contribution in [0.3, 0.4) is 0 Å². The summed E-state index contributed by atoms with van der Waals surface area (Å²) in [6.45, 7) is 0.770. The fourth-order valence-electron chi connectivity index (χ4n) is 3.44. The highest BCUT2D eigenvalue weighted by Gasteiger charge is 2.30. The van der Waals surface area contributed by atoms with Gasteiger partial charge >= 0.3 is 0 Å². The molecule has 1 N–H and O–H groups in total. The van der Waals surface area contributed by atoms with Gasteiger partial charge in [-0.1, -0.05) is 18.2 Å². The summed E-state index contributed by atoms with van der Waals surface area (Å²) in [4.78, 5) is 19.5. The van der Waals surface area contributed by atoms with Crippen molar-refractivity contribution in [1.29, 1.82) is 0 Å². The number of benzene rings is 2. The molecule has 0 unspecified atom stereocenters. The van der Waals surface area contributed by atoms with Gasteiger partial charge in [0.1, 0.15) is 16.5 Å². The molecule has 1 aliphatic rings. The summed E-state index contributed by atoms with van der Waals surface area (Å²) in [5.41, 5.74) is 1.83. The van der Waals surface area contributed by atoms with Gasteiger partial charge in [0.15, 0.2) is 6.61 Å². The number of aromatic hydroxyl groups is 1. The molecule has 1 atom stereocenters. The van der Waals surface area contributed by atoms with Crippen LogP contribution < -0.4 is 4.74 Å². The van der Waals surface area contributed by atoms with Crippen molar-refractivity contribution >= 4 is 17.2 Å². The number of likely N-dealkylation sites (tertiary alicyclic amines) is 1. The maximum absolute atomic E-state index is 12.8. The predicted molar refractivity (Wildman–Crippen MR) is 109 cm³/mol. The molecule has 6 heteroatoms. The number of carbonyl (C=O) groups excluding carboxylic acids is 1. The molecule has 0 bridgehead atoms. The summed E-state index contributed by atoms with van der Waals surface area (Å²) in [7, 11) is 0. The van der Waals surface area contributed by atoms with E-state index in [1.165, 1.54) is 0 Å². The molecular formula is C22H22N2O3S. The first-order valence-corrected chi connectivity index (χ1v) is 10.3. The number of hydrogen-bond donors (Lipinski definition) is 1. The smallest absolute Gasteiger partial charge is 0.261 e. The van der Waals surface area contributed by atoms with Gasteiger partial charge in [-0.2, -0.15) is 0 Å². The zero-order chi connectivity index (χ0) is 19.3. The number of rotatable bonds is 5. The number of hydrogen-bond acceptors (Lipinski definition) is 5. The summed E-state index contributed by atoms with van der Waals surface area (Å²) in [6.07, 6.45) is 3.01. The van der Waals surface area contributed by atoms with Crippen molar-refractivity contribution in [1.82, 2.24) is 9.88 Å². The molecule has 28 heavy (non-hydrogen) atoms. The van der Waals surface area contributed by atoms with Crippen molar-refractivity contribution < 1.29 is 14.6 Å². The molecule has 1 saturated heterocycles. The Morgan fingerprint density at radius 2 is 1.93 bits per heavy atom. The van der Waals surface area contributed by atoms with Crippen LogP contribution in [0.25, 0.3) is 11.3 Å². The van der Waals surface area contributed by atoms with Crippen LogP contribution in [-0.4, -0.2) is 34.0 Å². The molecular weight excluding hydrogens is 372 g/mol. The molecule has 0 spiro atoms. The van der Waals surface area contributed by atoms with Gasteiger partial charge in [-0.25, -0.2) is 4.98 Å². The minimum absolute atomic E-state index is 0.00325. The standard InChI is InChI=1S/C22H22N2O3S/c25-17-11-9-16(10-12-17)19-15-28-22(23-19)20-8-4-5-13-24(20)21(26)14-27-18-6-2-1-3-7-18/h1-3,6-7,9-12,15,20,25H,4-5,8,13-14H2/t20-/m1/s1. The van der Waals surface area contributed by atoms with Gasteiger partial charge < -0.3 is 14.7 Å². The van der Waals surface area contributed by atoms with Crippen molar-refractivity contribution in [3.63, 3.8) is 0 Å². The second-order valence-corrected chi connectivity index (χ2v) is 7.71. The van der Waals surface area contributed by atoms with Gasteiger partial charge in [0.05, 0.1) is 11.7 Å². The van der Waals surface area contributed by atoms with E-state index in [2.05, 4.69) is 0 Å². The number of para-hydroxylation sites is 1. The third-order valence-corrected chi connectivity index (χ3v) is 5.84. The van der Waals surface area contributed by atoms with Crippen LogP contribution in [0.1, 0.15) is 30.3 Å². The summed E-state index contributed by atoms with van der Waals surface area (Å²) < 4.78 is 5.66. The van der Waals surface area contributed by atoms with E-state index in [9.17, 15) is 9.90 Å². The van der Waals surface area contributed by atoms with Crippen LogP contribution in [-0.2, 0) is 4.79 Å². The number of piperidine rings is 1. The zero-order valence-corrected chi connectivity index (χ0v) is 16.3. The monoisotopic (exact) mass is 394 g/mol. The molecule has 0 radical (unpaired) electrons. The van der Waals surface area contributed by atoms with Crippen LogP contribution in [0.2, 0.25) is 0 Å². The molecule has 3 aromatic rings. The summed E-state index contributed by atoms with van der Waals surface area (Å²) >= 11 is 1.58. The van der Waals surface area contributed by atoms with E-state index in [0.29, 0.717) is 5.75 Å². The number of phenols is 1. The van der Waals surface area contributed by atoms with Gasteiger partial charge in [0.2, 0.25) is 0 Å². The highest BCUT2D eigenvalue weighted by molar-refractivity contribution is 7.10. The van der Waals surface area contributed by atoms with E-state index in [1.807, 2.05) is 52.7 Å². The lowest BCUT2D eigenvalue weighted by Crippen LogP contribution is -2.41. The molecule has 4 rings (SSSR count). The molecule has 0 saturated carbocycles.